The molecule has 1 aromatic carbocycles. The standard InChI is InChI=1S/C15H25NO/c1-10(2)15(9-17)16-8-14-7-12(4)11(3)6-13(14)5/h6-7,10,15-17H,8-9H2,1-5H3. The van der Waals surface area contributed by atoms with E-state index in [1.165, 1.54) is 22.3 Å². The summed E-state index contributed by atoms with van der Waals surface area (Å²) in [6.45, 7) is 11.7. The molecule has 96 valence electrons. The van der Waals surface area contributed by atoms with Crippen molar-refractivity contribution >= 4 is 0 Å². The van der Waals surface area contributed by atoms with E-state index in [1.54, 1.807) is 0 Å². The number of aryl methyl sites for hydroxylation is 3. The Bertz CT molecular complexity index is 371. The summed E-state index contributed by atoms with van der Waals surface area (Å²) in [6.07, 6.45) is 0. The SMILES string of the molecule is Cc1cc(C)c(CNC(CO)C(C)C)cc1C. The molecule has 0 saturated carbocycles. The van der Waals surface area contributed by atoms with Crippen molar-refractivity contribution in [1.29, 1.82) is 0 Å². The molecule has 1 aromatic rings. The van der Waals surface area contributed by atoms with E-state index in [1.807, 2.05) is 0 Å². The van der Waals surface area contributed by atoms with Crippen LogP contribution in [0.4, 0.5) is 0 Å². The Morgan fingerprint density at radius 2 is 1.65 bits per heavy atom. The summed E-state index contributed by atoms with van der Waals surface area (Å²) in [5, 5.41) is 12.7. The number of nitrogens with one attached hydrogen (secondary N) is 1. The monoisotopic (exact) mass is 235 g/mol. The molecule has 0 saturated heterocycles. The first-order valence-corrected chi connectivity index (χ1v) is 6.36. The predicted octanol–water partition coefficient (Wildman–Crippen LogP) is 2.72. The Morgan fingerprint density at radius 3 is 2.18 bits per heavy atom. The van der Waals surface area contributed by atoms with E-state index in [2.05, 4.69) is 52.1 Å². The maximum Gasteiger partial charge on any atom is 0.0587 e. The molecule has 1 atom stereocenters. The number of rotatable bonds is 5. The van der Waals surface area contributed by atoms with Crippen LogP contribution in [0.5, 0.6) is 0 Å². The lowest BCUT2D eigenvalue weighted by Gasteiger charge is -2.21. The van der Waals surface area contributed by atoms with Crippen LogP contribution in [-0.2, 0) is 6.54 Å². The minimum absolute atomic E-state index is 0.177. The lowest BCUT2D eigenvalue weighted by atomic mass is 9.99. The highest BCUT2D eigenvalue weighted by molar-refractivity contribution is 5.36. The average molecular weight is 235 g/mol. The summed E-state index contributed by atoms with van der Waals surface area (Å²) < 4.78 is 0. The van der Waals surface area contributed by atoms with Gasteiger partial charge in [0, 0.05) is 12.6 Å². The third-order valence-corrected chi connectivity index (χ3v) is 3.51. The molecular weight excluding hydrogens is 210 g/mol. The van der Waals surface area contributed by atoms with Crippen molar-refractivity contribution in [2.75, 3.05) is 6.61 Å². The number of hydrogen-bond acceptors (Lipinski definition) is 2. The Morgan fingerprint density at radius 1 is 1.06 bits per heavy atom. The maximum atomic E-state index is 9.28. The van der Waals surface area contributed by atoms with Gasteiger partial charge in [-0.05, 0) is 48.9 Å². The van der Waals surface area contributed by atoms with Gasteiger partial charge in [-0.1, -0.05) is 26.0 Å². The summed E-state index contributed by atoms with van der Waals surface area (Å²) in [4.78, 5) is 0. The van der Waals surface area contributed by atoms with E-state index < -0.39 is 0 Å². The highest BCUT2D eigenvalue weighted by Gasteiger charge is 2.11. The fourth-order valence-electron chi connectivity index (χ4n) is 1.96. The Hall–Kier alpha value is -0.860. The van der Waals surface area contributed by atoms with Crippen LogP contribution >= 0.6 is 0 Å². The maximum absolute atomic E-state index is 9.28. The Balaban J connectivity index is 2.72. The highest BCUT2D eigenvalue weighted by Crippen LogP contribution is 2.15. The van der Waals surface area contributed by atoms with E-state index in [4.69, 9.17) is 0 Å². The molecular formula is C15H25NO. The minimum atomic E-state index is 0.177. The molecule has 0 heterocycles. The molecule has 2 N–H and O–H groups in total. The summed E-state index contributed by atoms with van der Waals surface area (Å²) in [5.74, 6) is 0.451. The molecule has 0 bridgehead atoms. The first kappa shape index (κ1) is 14.2. The zero-order chi connectivity index (χ0) is 13.0. The summed E-state index contributed by atoms with van der Waals surface area (Å²) in [7, 11) is 0. The molecule has 2 nitrogen and oxygen atoms in total. The zero-order valence-corrected chi connectivity index (χ0v) is 11.7. The summed E-state index contributed by atoms with van der Waals surface area (Å²) in [6, 6.07) is 4.65. The first-order valence-electron chi connectivity index (χ1n) is 6.36. The highest BCUT2D eigenvalue weighted by atomic mass is 16.3. The van der Waals surface area contributed by atoms with Crippen molar-refractivity contribution < 1.29 is 5.11 Å². The molecule has 1 unspecified atom stereocenters. The van der Waals surface area contributed by atoms with E-state index in [-0.39, 0.29) is 12.6 Å². The topological polar surface area (TPSA) is 32.3 Å². The van der Waals surface area contributed by atoms with Gasteiger partial charge >= 0.3 is 0 Å². The van der Waals surface area contributed by atoms with Crippen molar-refractivity contribution in [2.24, 2.45) is 5.92 Å². The van der Waals surface area contributed by atoms with Crippen LogP contribution in [0.25, 0.3) is 0 Å². The van der Waals surface area contributed by atoms with Crippen molar-refractivity contribution in [2.45, 2.75) is 47.2 Å². The number of hydrogen-bond donors (Lipinski definition) is 2. The minimum Gasteiger partial charge on any atom is -0.395 e. The molecule has 2 heteroatoms. The second kappa shape index (κ2) is 6.18. The van der Waals surface area contributed by atoms with Gasteiger partial charge in [0.05, 0.1) is 6.61 Å². The van der Waals surface area contributed by atoms with Crippen LogP contribution in [0, 0.1) is 26.7 Å². The van der Waals surface area contributed by atoms with Gasteiger partial charge in [0.1, 0.15) is 0 Å². The predicted molar refractivity (Wildman–Crippen MR) is 73.2 cm³/mol. The van der Waals surface area contributed by atoms with Gasteiger partial charge in [0.2, 0.25) is 0 Å². The fraction of sp³-hybridized carbons (Fsp3) is 0.600. The first-order chi connectivity index (χ1) is 7.95. The quantitative estimate of drug-likeness (QED) is 0.822. The molecule has 0 aliphatic carbocycles. The molecule has 1 rings (SSSR count). The molecule has 0 amide bonds. The second-order valence-electron chi connectivity index (χ2n) is 5.28. The molecule has 0 aliphatic heterocycles. The van der Waals surface area contributed by atoms with Gasteiger partial charge in [-0.15, -0.1) is 0 Å². The molecule has 0 spiro atoms. The fourth-order valence-corrected chi connectivity index (χ4v) is 1.96. The van der Waals surface area contributed by atoms with Gasteiger partial charge in [0.25, 0.3) is 0 Å². The molecule has 0 radical (unpaired) electrons. The number of benzene rings is 1. The van der Waals surface area contributed by atoms with Crippen LogP contribution in [0.15, 0.2) is 12.1 Å². The lowest BCUT2D eigenvalue weighted by molar-refractivity contribution is 0.210. The Kier molecular flexibility index (Phi) is 5.16. The van der Waals surface area contributed by atoms with Crippen LogP contribution in [-0.4, -0.2) is 17.8 Å². The third kappa shape index (κ3) is 3.83. The van der Waals surface area contributed by atoms with Crippen molar-refractivity contribution in [1.82, 2.24) is 5.32 Å². The van der Waals surface area contributed by atoms with E-state index >= 15 is 0 Å². The normalized spacial score (nSPS) is 13.1. The van der Waals surface area contributed by atoms with Crippen LogP contribution in [0.3, 0.4) is 0 Å². The van der Waals surface area contributed by atoms with Crippen LogP contribution in [0.1, 0.15) is 36.1 Å². The van der Waals surface area contributed by atoms with Gasteiger partial charge in [-0.2, -0.15) is 0 Å². The molecule has 0 aliphatic rings. The largest absolute Gasteiger partial charge is 0.395 e. The number of aliphatic hydroxyl groups excluding tert-OH is 1. The van der Waals surface area contributed by atoms with Crippen LogP contribution < -0.4 is 5.32 Å². The Labute approximate surface area is 105 Å². The third-order valence-electron chi connectivity index (χ3n) is 3.51. The molecule has 17 heavy (non-hydrogen) atoms. The van der Waals surface area contributed by atoms with Crippen molar-refractivity contribution in [3.63, 3.8) is 0 Å². The average Bonchev–Trinajstić information content (AvgIpc) is 2.25. The summed E-state index contributed by atoms with van der Waals surface area (Å²) in [5.41, 5.74) is 5.32. The van der Waals surface area contributed by atoms with Gasteiger partial charge in [0.15, 0.2) is 0 Å². The van der Waals surface area contributed by atoms with E-state index in [0.717, 1.165) is 6.54 Å². The molecule has 0 fully saturated rings. The number of aliphatic hydroxyl groups is 1. The smallest absolute Gasteiger partial charge is 0.0587 e. The van der Waals surface area contributed by atoms with Gasteiger partial charge in [-0.3, -0.25) is 0 Å². The van der Waals surface area contributed by atoms with Crippen molar-refractivity contribution in [3.8, 4) is 0 Å². The van der Waals surface area contributed by atoms with Crippen LogP contribution in [0.2, 0.25) is 0 Å². The second-order valence-corrected chi connectivity index (χ2v) is 5.28. The molecule has 0 aromatic heterocycles. The summed E-state index contributed by atoms with van der Waals surface area (Å²) >= 11 is 0. The van der Waals surface area contributed by atoms with Crippen molar-refractivity contribution in [3.05, 3.63) is 34.4 Å². The van der Waals surface area contributed by atoms with Gasteiger partial charge < -0.3 is 10.4 Å². The van der Waals surface area contributed by atoms with E-state index in [0.29, 0.717) is 5.92 Å². The zero-order valence-electron chi connectivity index (χ0n) is 11.7. The lowest BCUT2D eigenvalue weighted by Crippen LogP contribution is -2.36. The van der Waals surface area contributed by atoms with E-state index in [9.17, 15) is 5.11 Å². The van der Waals surface area contributed by atoms with Gasteiger partial charge in [-0.25, -0.2) is 0 Å².